The maximum Gasteiger partial charge on any atom is 0.264 e. The van der Waals surface area contributed by atoms with Crippen LogP contribution in [0, 0.1) is 36.5 Å². The van der Waals surface area contributed by atoms with Crippen LogP contribution >= 0.6 is 0 Å². The van der Waals surface area contributed by atoms with Crippen molar-refractivity contribution in [2.24, 2.45) is 0 Å². The summed E-state index contributed by atoms with van der Waals surface area (Å²) in [6.07, 6.45) is 3.10. The van der Waals surface area contributed by atoms with Crippen LogP contribution in [0.5, 0.6) is 0 Å². The molecule has 0 fully saturated rings. The number of nitriles is 2. The van der Waals surface area contributed by atoms with Crippen molar-refractivity contribution in [2.75, 3.05) is 13.1 Å². The maximum atomic E-state index is 12.9. The summed E-state index contributed by atoms with van der Waals surface area (Å²) in [6.45, 7) is 4.18. The highest BCUT2D eigenvalue weighted by atomic mass is 16.2. The minimum absolute atomic E-state index is 0.159. The minimum atomic E-state index is -0.371. The van der Waals surface area contributed by atoms with Gasteiger partial charge in [-0.1, -0.05) is 6.07 Å². The maximum absolute atomic E-state index is 12.9. The molecule has 0 saturated heterocycles. The van der Waals surface area contributed by atoms with E-state index >= 15 is 0 Å². The van der Waals surface area contributed by atoms with E-state index in [1.165, 1.54) is 22.0 Å². The van der Waals surface area contributed by atoms with Gasteiger partial charge in [0, 0.05) is 13.1 Å². The van der Waals surface area contributed by atoms with E-state index in [0.717, 1.165) is 16.8 Å². The van der Waals surface area contributed by atoms with Gasteiger partial charge in [-0.05, 0) is 37.1 Å². The van der Waals surface area contributed by atoms with Crippen molar-refractivity contribution in [1.82, 2.24) is 24.2 Å². The lowest BCUT2D eigenvalue weighted by Gasteiger charge is -2.20. The Kier molecular flexibility index (Phi) is 6.23. The normalized spacial score (nSPS) is 10.5. The first kappa shape index (κ1) is 20.7. The average molecular weight is 403 g/mol. The number of carbonyl (C=O) groups is 1. The molecule has 3 rings (SSSR count). The van der Waals surface area contributed by atoms with Crippen LogP contribution in [0.15, 0.2) is 35.5 Å². The van der Waals surface area contributed by atoms with Crippen molar-refractivity contribution in [3.05, 3.63) is 52.2 Å². The van der Waals surface area contributed by atoms with E-state index < -0.39 is 0 Å². The van der Waals surface area contributed by atoms with Gasteiger partial charge >= 0.3 is 0 Å². The van der Waals surface area contributed by atoms with Gasteiger partial charge in [0.25, 0.3) is 5.56 Å². The van der Waals surface area contributed by atoms with Gasteiger partial charge in [0.05, 0.1) is 36.9 Å². The Morgan fingerprint density at radius 3 is 2.33 bits per heavy atom. The first-order valence-corrected chi connectivity index (χ1v) is 9.48. The molecule has 2 aromatic heterocycles. The Morgan fingerprint density at radius 2 is 1.73 bits per heavy atom. The molecule has 1 amide bonds. The van der Waals surface area contributed by atoms with E-state index in [1.807, 2.05) is 44.2 Å². The van der Waals surface area contributed by atoms with Crippen molar-refractivity contribution in [3.8, 4) is 17.8 Å². The predicted octanol–water partition coefficient (Wildman–Crippen LogP) is 1.86. The molecule has 152 valence electrons. The van der Waals surface area contributed by atoms with Crippen LogP contribution in [-0.4, -0.2) is 43.2 Å². The molecule has 0 unspecified atom stereocenters. The third kappa shape index (κ3) is 4.36. The molecule has 0 bridgehead atoms. The molecule has 0 aliphatic carbocycles. The minimum Gasteiger partial charge on any atom is -0.339 e. The van der Waals surface area contributed by atoms with Crippen LogP contribution in [0.2, 0.25) is 0 Å². The van der Waals surface area contributed by atoms with Gasteiger partial charge in [0.15, 0.2) is 5.65 Å². The van der Waals surface area contributed by atoms with Crippen molar-refractivity contribution < 1.29 is 4.79 Å². The summed E-state index contributed by atoms with van der Waals surface area (Å²) in [5.74, 6) is -0.342. The number of aryl methyl sites for hydroxylation is 2. The molecular weight excluding hydrogens is 382 g/mol. The van der Waals surface area contributed by atoms with Gasteiger partial charge < -0.3 is 4.90 Å². The monoisotopic (exact) mass is 403 g/mol. The second kappa shape index (κ2) is 9.01. The number of aromatic nitrogens is 4. The van der Waals surface area contributed by atoms with Crippen molar-refractivity contribution >= 4 is 16.9 Å². The molecule has 9 heteroatoms. The number of benzene rings is 1. The van der Waals surface area contributed by atoms with Crippen LogP contribution in [0.1, 0.15) is 24.0 Å². The van der Waals surface area contributed by atoms with Crippen LogP contribution in [0.3, 0.4) is 0 Å². The lowest BCUT2D eigenvalue weighted by molar-refractivity contribution is -0.131. The van der Waals surface area contributed by atoms with Gasteiger partial charge in [-0.15, -0.1) is 0 Å². The predicted molar refractivity (Wildman–Crippen MR) is 110 cm³/mol. The first-order chi connectivity index (χ1) is 14.4. The standard InChI is InChI=1S/C21H21N7O2/c1-15-9-16(2)11-17(10-15)28-20-18(12-25-28)21(30)27(14-24-20)13-19(29)26(7-3-5-22)8-4-6-23/h9-12,14H,3-4,7-8,13H2,1-2H3. The van der Waals surface area contributed by atoms with Gasteiger partial charge in [-0.25, -0.2) is 9.67 Å². The molecule has 0 aliphatic rings. The summed E-state index contributed by atoms with van der Waals surface area (Å²) in [6, 6.07) is 9.93. The van der Waals surface area contributed by atoms with Gasteiger partial charge in [-0.2, -0.15) is 15.6 Å². The quantitative estimate of drug-likeness (QED) is 0.594. The summed E-state index contributed by atoms with van der Waals surface area (Å²) < 4.78 is 2.83. The van der Waals surface area contributed by atoms with Crippen LogP contribution in [-0.2, 0) is 11.3 Å². The average Bonchev–Trinajstić information content (AvgIpc) is 3.14. The summed E-state index contributed by atoms with van der Waals surface area (Å²) in [7, 11) is 0. The largest absolute Gasteiger partial charge is 0.339 e. The van der Waals surface area contributed by atoms with Gasteiger partial charge in [0.1, 0.15) is 18.3 Å². The molecule has 3 aromatic rings. The van der Waals surface area contributed by atoms with E-state index in [9.17, 15) is 9.59 Å². The lowest BCUT2D eigenvalue weighted by Crippen LogP contribution is -2.37. The van der Waals surface area contributed by atoms with E-state index in [-0.39, 0.29) is 43.9 Å². The number of hydrogen-bond donors (Lipinski definition) is 0. The van der Waals surface area contributed by atoms with E-state index in [4.69, 9.17) is 10.5 Å². The van der Waals surface area contributed by atoms with Gasteiger partial charge in [-0.3, -0.25) is 14.2 Å². The fourth-order valence-corrected chi connectivity index (χ4v) is 3.30. The highest BCUT2D eigenvalue weighted by Crippen LogP contribution is 2.17. The van der Waals surface area contributed by atoms with Crippen LogP contribution in [0.4, 0.5) is 0 Å². The number of nitrogens with zero attached hydrogens (tertiary/aromatic N) is 7. The number of carbonyl (C=O) groups excluding carboxylic acids is 1. The Hall–Kier alpha value is -3.98. The summed E-state index contributed by atoms with van der Waals surface area (Å²) in [5, 5.41) is 22.2. The molecule has 2 heterocycles. The van der Waals surface area contributed by atoms with Crippen LogP contribution in [0.25, 0.3) is 16.7 Å². The highest BCUT2D eigenvalue weighted by molar-refractivity contribution is 5.78. The molecule has 0 N–H and O–H groups in total. The molecule has 0 spiro atoms. The fraction of sp³-hybridized carbons (Fsp3) is 0.333. The highest BCUT2D eigenvalue weighted by Gasteiger charge is 2.17. The van der Waals surface area contributed by atoms with E-state index in [2.05, 4.69) is 10.1 Å². The summed E-state index contributed by atoms with van der Waals surface area (Å²) in [4.78, 5) is 31.3. The topological polar surface area (TPSA) is 121 Å². The molecule has 0 radical (unpaired) electrons. The van der Waals surface area contributed by atoms with Crippen molar-refractivity contribution in [1.29, 1.82) is 10.5 Å². The number of rotatable bonds is 7. The molecule has 0 aliphatic heterocycles. The van der Waals surface area contributed by atoms with Crippen molar-refractivity contribution in [3.63, 3.8) is 0 Å². The van der Waals surface area contributed by atoms with E-state index in [1.54, 1.807) is 4.68 Å². The molecule has 1 aromatic carbocycles. The smallest absolute Gasteiger partial charge is 0.264 e. The zero-order chi connectivity index (χ0) is 21.7. The molecule has 0 atom stereocenters. The summed E-state index contributed by atoms with van der Waals surface area (Å²) >= 11 is 0. The molecular formula is C21H21N7O2. The Morgan fingerprint density at radius 1 is 1.10 bits per heavy atom. The van der Waals surface area contributed by atoms with Gasteiger partial charge in [0.2, 0.25) is 5.91 Å². The van der Waals surface area contributed by atoms with E-state index in [0.29, 0.717) is 11.0 Å². The molecule has 30 heavy (non-hydrogen) atoms. The third-order valence-corrected chi connectivity index (χ3v) is 4.65. The Balaban J connectivity index is 1.91. The van der Waals surface area contributed by atoms with Crippen LogP contribution < -0.4 is 5.56 Å². The molecule has 9 nitrogen and oxygen atoms in total. The first-order valence-electron chi connectivity index (χ1n) is 9.48. The zero-order valence-corrected chi connectivity index (χ0v) is 16.9. The summed E-state index contributed by atoms with van der Waals surface area (Å²) in [5.41, 5.74) is 3.00. The number of amides is 1. The number of hydrogen-bond acceptors (Lipinski definition) is 6. The number of fused-ring (bicyclic) bond motifs is 1. The second-order valence-corrected chi connectivity index (χ2v) is 7.01. The lowest BCUT2D eigenvalue weighted by atomic mass is 10.1. The fourth-order valence-electron chi connectivity index (χ4n) is 3.30. The second-order valence-electron chi connectivity index (χ2n) is 7.01. The molecule has 0 saturated carbocycles. The zero-order valence-electron chi connectivity index (χ0n) is 16.9. The Labute approximate surface area is 173 Å². The third-order valence-electron chi connectivity index (χ3n) is 4.65. The van der Waals surface area contributed by atoms with Crippen molar-refractivity contribution in [2.45, 2.75) is 33.2 Å². The Bertz CT molecular complexity index is 1190. The SMILES string of the molecule is Cc1cc(C)cc(-n2ncc3c(=O)n(CC(=O)N(CCC#N)CCC#N)cnc32)c1.